The van der Waals surface area contributed by atoms with Gasteiger partial charge in [-0.05, 0) is 61.3 Å². The van der Waals surface area contributed by atoms with Gasteiger partial charge in [-0.1, -0.05) is 29.8 Å². The van der Waals surface area contributed by atoms with Crippen LogP contribution < -0.4 is 0 Å². The quantitative estimate of drug-likeness (QED) is 0.798. The van der Waals surface area contributed by atoms with E-state index < -0.39 is 10.0 Å². The number of aliphatic hydroxyl groups is 1. The SMILES string of the molecule is Cc1cc(-c2ccc(S(=O)(=O)N3CCC(N(C)CCO)C3)cc2)ccc1Cl. The van der Waals surface area contributed by atoms with Crippen LogP contribution in [-0.2, 0) is 10.0 Å². The van der Waals surface area contributed by atoms with E-state index >= 15 is 0 Å². The summed E-state index contributed by atoms with van der Waals surface area (Å²) in [6, 6.07) is 12.9. The van der Waals surface area contributed by atoms with Crippen LogP contribution in [0.25, 0.3) is 11.1 Å². The van der Waals surface area contributed by atoms with E-state index in [1.54, 1.807) is 12.1 Å². The summed E-state index contributed by atoms with van der Waals surface area (Å²) >= 11 is 6.08. The van der Waals surface area contributed by atoms with Gasteiger partial charge >= 0.3 is 0 Å². The number of likely N-dealkylation sites (N-methyl/N-ethyl adjacent to an activating group) is 1. The molecular formula is C20H25ClN2O3S. The van der Waals surface area contributed by atoms with Gasteiger partial charge in [-0.2, -0.15) is 4.31 Å². The fraction of sp³-hybridized carbons (Fsp3) is 0.400. The normalized spacial score (nSPS) is 18.3. The Kier molecular flexibility index (Phi) is 6.23. The summed E-state index contributed by atoms with van der Waals surface area (Å²) in [5.74, 6) is 0. The molecule has 7 heteroatoms. The molecule has 2 aromatic rings. The molecule has 1 aliphatic rings. The standard InChI is InChI=1S/C20H25ClN2O3S/c1-15-13-17(5-8-20(15)21)16-3-6-19(7-4-16)27(25,26)23-10-9-18(14-23)22(2)11-12-24/h3-8,13,18,24H,9-12,14H2,1-2H3. The average molecular weight is 409 g/mol. The van der Waals surface area contributed by atoms with Gasteiger partial charge in [0.05, 0.1) is 11.5 Å². The molecule has 1 aliphatic heterocycles. The maximum absolute atomic E-state index is 12.9. The molecule has 0 amide bonds. The molecule has 0 aliphatic carbocycles. The van der Waals surface area contributed by atoms with Crippen LogP contribution in [0.15, 0.2) is 47.4 Å². The number of halogens is 1. The summed E-state index contributed by atoms with van der Waals surface area (Å²) in [7, 11) is -1.59. The van der Waals surface area contributed by atoms with Crippen LogP contribution in [0.3, 0.4) is 0 Å². The molecule has 1 fully saturated rings. The Morgan fingerprint density at radius 3 is 2.48 bits per heavy atom. The lowest BCUT2D eigenvalue weighted by Gasteiger charge is -2.23. The van der Waals surface area contributed by atoms with Crippen molar-refractivity contribution in [2.24, 2.45) is 0 Å². The van der Waals surface area contributed by atoms with Gasteiger partial charge in [0.25, 0.3) is 0 Å². The third-order valence-corrected chi connectivity index (χ3v) is 7.49. The monoisotopic (exact) mass is 408 g/mol. The molecule has 146 valence electrons. The van der Waals surface area contributed by atoms with Crippen molar-refractivity contribution in [3.05, 3.63) is 53.1 Å². The molecular weight excluding hydrogens is 384 g/mol. The maximum atomic E-state index is 12.9. The Morgan fingerprint density at radius 2 is 1.85 bits per heavy atom. The average Bonchev–Trinajstić information content (AvgIpc) is 3.15. The van der Waals surface area contributed by atoms with Gasteiger partial charge in [-0.15, -0.1) is 0 Å². The van der Waals surface area contributed by atoms with Crippen LogP contribution in [0.1, 0.15) is 12.0 Å². The molecule has 5 nitrogen and oxygen atoms in total. The summed E-state index contributed by atoms with van der Waals surface area (Å²) in [6.45, 7) is 3.53. The van der Waals surface area contributed by atoms with Crippen LogP contribution in [-0.4, -0.2) is 62.1 Å². The first-order chi connectivity index (χ1) is 12.8. The minimum Gasteiger partial charge on any atom is -0.395 e. The van der Waals surface area contributed by atoms with Crippen LogP contribution in [0.2, 0.25) is 5.02 Å². The molecule has 1 unspecified atom stereocenters. The van der Waals surface area contributed by atoms with Gasteiger partial charge in [0.2, 0.25) is 10.0 Å². The molecule has 1 heterocycles. The van der Waals surface area contributed by atoms with E-state index in [-0.39, 0.29) is 12.6 Å². The number of nitrogens with zero attached hydrogens (tertiary/aromatic N) is 2. The number of aliphatic hydroxyl groups excluding tert-OH is 1. The van der Waals surface area contributed by atoms with Crippen LogP contribution in [0, 0.1) is 6.92 Å². The van der Waals surface area contributed by atoms with Crippen molar-refractivity contribution < 1.29 is 13.5 Å². The van der Waals surface area contributed by atoms with Crippen molar-refractivity contribution in [2.75, 3.05) is 33.3 Å². The van der Waals surface area contributed by atoms with E-state index in [9.17, 15) is 8.42 Å². The maximum Gasteiger partial charge on any atom is 0.243 e. The highest BCUT2D eigenvalue weighted by Crippen LogP contribution is 2.28. The molecule has 0 bridgehead atoms. The van der Waals surface area contributed by atoms with Crippen LogP contribution >= 0.6 is 11.6 Å². The molecule has 3 rings (SSSR count). The zero-order valence-electron chi connectivity index (χ0n) is 15.6. The van der Waals surface area contributed by atoms with Crippen molar-refractivity contribution in [1.29, 1.82) is 0 Å². The predicted molar refractivity (Wildman–Crippen MR) is 109 cm³/mol. The summed E-state index contributed by atoms with van der Waals surface area (Å²) in [5, 5.41) is 9.79. The van der Waals surface area contributed by atoms with E-state index in [1.165, 1.54) is 4.31 Å². The number of sulfonamides is 1. The molecule has 27 heavy (non-hydrogen) atoms. The predicted octanol–water partition coefficient (Wildman–Crippen LogP) is 3.00. The lowest BCUT2D eigenvalue weighted by molar-refractivity contribution is 0.184. The molecule has 0 saturated carbocycles. The molecule has 0 aromatic heterocycles. The Hall–Kier alpha value is -1.44. The highest BCUT2D eigenvalue weighted by atomic mass is 35.5. The molecule has 1 atom stereocenters. The van der Waals surface area contributed by atoms with E-state index in [1.807, 2.05) is 49.2 Å². The fourth-order valence-electron chi connectivity index (χ4n) is 3.42. The highest BCUT2D eigenvalue weighted by molar-refractivity contribution is 7.89. The molecule has 0 spiro atoms. The Labute approximate surface area is 166 Å². The van der Waals surface area contributed by atoms with Crippen LogP contribution in [0.4, 0.5) is 0 Å². The summed E-state index contributed by atoms with van der Waals surface area (Å²) in [6.07, 6.45) is 0.776. The Bertz CT molecular complexity index is 900. The fourth-order valence-corrected chi connectivity index (χ4v) is 5.03. The second-order valence-corrected chi connectivity index (χ2v) is 9.34. The number of hydrogen-bond donors (Lipinski definition) is 1. The van der Waals surface area contributed by atoms with Crippen molar-refractivity contribution in [2.45, 2.75) is 24.3 Å². The number of rotatable bonds is 6. The summed E-state index contributed by atoms with van der Waals surface area (Å²) < 4.78 is 27.4. The van der Waals surface area contributed by atoms with E-state index in [0.717, 1.165) is 23.1 Å². The summed E-state index contributed by atoms with van der Waals surface area (Å²) in [5.41, 5.74) is 2.95. The lowest BCUT2D eigenvalue weighted by atomic mass is 10.0. The largest absolute Gasteiger partial charge is 0.395 e. The van der Waals surface area contributed by atoms with Gasteiger partial charge in [0, 0.05) is 30.7 Å². The van der Waals surface area contributed by atoms with Gasteiger partial charge in [0.15, 0.2) is 0 Å². The first-order valence-electron chi connectivity index (χ1n) is 9.01. The Morgan fingerprint density at radius 1 is 1.19 bits per heavy atom. The van der Waals surface area contributed by atoms with Crippen molar-refractivity contribution >= 4 is 21.6 Å². The third kappa shape index (κ3) is 4.36. The second kappa shape index (κ2) is 8.29. The van der Waals surface area contributed by atoms with Gasteiger partial charge in [-0.25, -0.2) is 8.42 Å². The lowest BCUT2D eigenvalue weighted by Crippen LogP contribution is -2.37. The smallest absolute Gasteiger partial charge is 0.243 e. The first kappa shape index (κ1) is 20.3. The number of hydrogen-bond acceptors (Lipinski definition) is 4. The highest BCUT2D eigenvalue weighted by Gasteiger charge is 2.34. The summed E-state index contributed by atoms with van der Waals surface area (Å²) in [4.78, 5) is 2.32. The van der Waals surface area contributed by atoms with Crippen molar-refractivity contribution in [3.8, 4) is 11.1 Å². The molecule has 0 radical (unpaired) electrons. The van der Waals surface area contributed by atoms with Crippen molar-refractivity contribution in [1.82, 2.24) is 9.21 Å². The third-order valence-electron chi connectivity index (χ3n) is 5.19. The topological polar surface area (TPSA) is 60.9 Å². The van der Waals surface area contributed by atoms with Gasteiger partial charge < -0.3 is 5.11 Å². The molecule has 1 saturated heterocycles. The second-order valence-electron chi connectivity index (χ2n) is 7.00. The number of benzene rings is 2. The first-order valence-corrected chi connectivity index (χ1v) is 10.8. The van der Waals surface area contributed by atoms with Crippen LogP contribution in [0.5, 0.6) is 0 Å². The van der Waals surface area contributed by atoms with E-state index in [0.29, 0.717) is 29.6 Å². The zero-order chi connectivity index (χ0) is 19.6. The van der Waals surface area contributed by atoms with E-state index in [4.69, 9.17) is 16.7 Å². The minimum absolute atomic E-state index is 0.0748. The van der Waals surface area contributed by atoms with E-state index in [2.05, 4.69) is 0 Å². The molecule has 2 aromatic carbocycles. The van der Waals surface area contributed by atoms with Crippen molar-refractivity contribution in [3.63, 3.8) is 0 Å². The number of aryl methyl sites for hydroxylation is 1. The van der Waals surface area contributed by atoms with Gasteiger partial charge in [0.1, 0.15) is 0 Å². The minimum atomic E-state index is -3.51. The molecule has 1 N–H and O–H groups in total. The Balaban J connectivity index is 1.77. The van der Waals surface area contributed by atoms with Gasteiger partial charge in [-0.3, -0.25) is 4.90 Å². The zero-order valence-corrected chi connectivity index (χ0v) is 17.2.